The molecule has 4 nitrogen and oxygen atoms in total. The van der Waals surface area contributed by atoms with Crippen molar-refractivity contribution in [2.45, 2.75) is 32.4 Å². The molecule has 0 saturated heterocycles. The Morgan fingerprint density at radius 3 is 2.21 bits per heavy atom. The number of hydrogen-bond donors (Lipinski definition) is 1. The van der Waals surface area contributed by atoms with E-state index in [0.29, 0.717) is 12.1 Å². The van der Waals surface area contributed by atoms with Crippen LogP contribution in [-0.4, -0.2) is 27.9 Å². The Morgan fingerprint density at radius 2 is 1.64 bits per heavy atom. The Morgan fingerprint density at radius 1 is 1.00 bits per heavy atom. The number of rotatable bonds is 7. The van der Waals surface area contributed by atoms with Gasteiger partial charge in [-0.15, -0.1) is 0 Å². The minimum Gasteiger partial charge on any atom is -0.388 e. The van der Waals surface area contributed by atoms with E-state index in [9.17, 15) is 9.90 Å². The number of aliphatic hydroxyl groups excluding tert-OH is 1. The maximum absolute atomic E-state index is 12.6. The smallest absolute Gasteiger partial charge is 0.253 e. The highest BCUT2D eigenvalue weighted by atomic mass is 16.3. The quantitative estimate of drug-likeness (QED) is 0.643. The molecule has 0 bridgehead atoms. The highest BCUT2D eigenvalue weighted by Crippen LogP contribution is 2.24. The molecule has 3 rings (SSSR count). The molecule has 144 valence electrons. The van der Waals surface area contributed by atoms with Gasteiger partial charge in [-0.3, -0.25) is 9.78 Å². The fourth-order valence-corrected chi connectivity index (χ4v) is 3.17. The normalized spacial score (nSPS) is 11.8. The zero-order valence-corrected chi connectivity index (χ0v) is 16.4. The van der Waals surface area contributed by atoms with Crippen LogP contribution in [0.4, 0.5) is 0 Å². The molecule has 0 aliphatic rings. The molecular formula is C24H26N2O2. The van der Waals surface area contributed by atoms with Crippen molar-refractivity contribution in [2.24, 2.45) is 0 Å². The van der Waals surface area contributed by atoms with Gasteiger partial charge >= 0.3 is 0 Å². The molecule has 1 amide bonds. The van der Waals surface area contributed by atoms with Gasteiger partial charge in [0.15, 0.2) is 0 Å². The minimum atomic E-state index is -0.409. The summed E-state index contributed by atoms with van der Waals surface area (Å²) in [6, 6.07) is 21.3. The average Bonchev–Trinajstić information content (AvgIpc) is 2.74. The maximum atomic E-state index is 12.6. The number of aromatic nitrogens is 1. The van der Waals surface area contributed by atoms with Crippen LogP contribution in [0.2, 0.25) is 0 Å². The van der Waals surface area contributed by atoms with E-state index in [4.69, 9.17) is 0 Å². The average molecular weight is 374 g/mol. The van der Waals surface area contributed by atoms with E-state index in [2.05, 4.69) is 11.9 Å². The molecule has 1 aromatic heterocycles. The second kappa shape index (κ2) is 9.29. The Labute approximate surface area is 166 Å². The monoisotopic (exact) mass is 374 g/mol. The summed E-state index contributed by atoms with van der Waals surface area (Å²) in [7, 11) is 1.78. The van der Waals surface area contributed by atoms with Gasteiger partial charge in [0.05, 0.1) is 18.3 Å². The predicted molar refractivity (Wildman–Crippen MR) is 112 cm³/mol. The molecule has 0 aliphatic carbocycles. The third-order valence-electron chi connectivity index (χ3n) is 4.79. The van der Waals surface area contributed by atoms with E-state index in [1.165, 1.54) is 0 Å². The molecule has 0 spiro atoms. The zero-order valence-electron chi connectivity index (χ0n) is 16.4. The van der Waals surface area contributed by atoms with Crippen molar-refractivity contribution >= 4 is 5.91 Å². The number of carbonyl (C=O) groups excluding carboxylic acids is 1. The van der Waals surface area contributed by atoms with Crippen molar-refractivity contribution in [2.75, 3.05) is 7.05 Å². The van der Waals surface area contributed by atoms with Gasteiger partial charge in [0.25, 0.3) is 5.91 Å². The summed E-state index contributed by atoms with van der Waals surface area (Å²) in [4.78, 5) is 18.6. The molecule has 0 fully saturated rings. The van der Waals surface area contributed by atoms with Crippen LogP contribution in [0.15, 0.2) is 72.9 Å². The number of carbonyl (C=O) groups is 1. The Bertz CT molecular complexity index is 890. The van der Waals surface area contributed by atoms with Gasteiger partial charge in [-0.25, -0.2) is 0 Å². The largest absolute Gasteiger partial charge is 0.388 e. The Kier molecular flexibility index (Phi) is 6.56. The Hall–Kier alpha value is -2.98. The van der Waals surface area contributed by atoms with E-state index in [1.807, 2.05) is 66.7 Å². The van der Waals surface area contributed by atoms with E-state index in [0.717, 1.165) is 35.2 Å². The van der Waals surface area contributed by atoms with Gasteiger partial charge in [-0.2, -0.15) is 0 Å². The lowest BCUT2D eigenvalue weighted by Crippen LogP contribution is -2.26. The van der Waals surface area contributed by atoms with E-state index in [-0.39, 0.29) is 5.91 Å². The van der Waals surface area contributed by atoms with Crippen LogP contribution < -0.4 is 0 Å². The summed E-state index contributed by atoms with van der Waals surface area (Å²) in [5.41, 5.74) is 4.56. The maximum Gasteiger partial charge on any atom is 0.253 e. The summed E-state index contributed by atoms with van der Waals surface area (Å²) >= 11 is 0. The Balaban J connectivity index is 1.68. The number of amides is 1. The first-order valence-corrected chi connectivity index (χ1v) is 9.62. The highest BCUT2D eigenvalue weighted by molar-refractivity contribution is 5.94. The van der Waals surface area contributed by atoms with Crippen LogP contribution in [-0.2, 0) is 6.54 Å². The van der Waals surface area contributed by atoms with E-state index in [1.54, 1.807) is 18.1 Å². The summed E-state index contributed by atoms with van der Waals surface area (Å²) in [5.74, 6) is -0.0322. The van der Waals surface area contributed by atoms with Crippen LogP contribution >= 0.6 is 0 Å². The summed E-state index contributed by atoms with van der Waals surface area (Å²) in [6.45, 7) is 2.54. The van der Waals surface area contributed by atoms with Gasteiger partial charge in [0.2, 0.25) is 0 Å². The van der Waals surface area contributed by atoms with Crippen molar-refractivity contribution in [3.05, 3.63) is 89.7 Å². The second-order valence-electron chi connectivity index (χ2n) is 6.99. The van der Waals surface area contributed by atoms with E-state index < -0.39 is 6.10 Å². The van der Waals surface area contributed by atoms with E-state index >= 15 is 0 Å². The number of aliphatic hydroxyl groups is 1. The number of benzene rings is 2. The highest BCUT2D eigenvalue weighted by Gasteiger charge is 2.13. The van der Waals surface area contributed by atoms with Gasteiger partial charge in [-0.05, 0) is 47.4 Å². The molecule has 0 radical (unpaired) electrons. The van der Waals surface area contributed by atoms with Crippen molar-refractivity contribution in [3.8, 4) is 11.1 Å². The van der Waals surface area contributed by atoms with Crippen LogP contribution in [0.1, 0.15) is 47.5 Å². The van der Waals surface area contributed by atoms with Crippen LogP contribution in [0, 0.1) is 0 Å². The minimum absolute atomic E-state index is 0.0322. The first kappa shape index (κ1) is 19.8. The van der Waals surface area contributed by atoms with Gasteiger partial charge in [-0.1, -0.05) is 55.8 Å². The third-order valence-corrected chi connectivity index (χ3v) is 4.79. The number of hydrogen-bond acceptors (Lipinski definition) is 3. The van der Waals surface area contributed by atoms with Gasteiger partial charge in [0.1, 0.15) is 0 Å². The summed E-state index contributed by atoms with van der Waals surface area (Å²) in [6.07, 6.45) is 3.04. The molecule has 1 N–H and O–H groups in total. The SMILES string of the molecule is CCCC(O)c1ccc(-c2ccc(C(=O)N(C)Cc3ccccn3)cc2)cc1. The summed E-state index contributed by atoms with van der Waals surface area (Å²) < 4.78 is 0. The molecule has 3 aromatic rings. The molecule has 0 saturated carbocycles. The number of nitrogens with zero attached hydrogens (tertiary/aromatic N) is 2. The standard InChI is InChI=1S/C24H26N2O2/c1-3-6-23(27)20-12-8-18(9-13-20)19-10-14-21(15-11-19)24(28)26(2)17-22-7-4-5-16-25-22/h4-5,7-16,23,27H,3,6,17H2,1-2H3. The lowest BCUT2D eigenvalue weighted by molar-refractivity contribution is 0.0783. The molecule has 1 heterocycles. The second-order valence-corrected chi connectivity index (χ2v) is 6.99. The molecule has 0 aliphatic heterocycles. The molecule has 2 aromatic carbocycles. The third kappa shape index (κ3) is 4.84. The van der Waals surface area contributed by atoms with Gasteiger partial charge < -0.3 is 10.0 Å². The molecule has 1 atom stereocenters. The molecule has 1 unspecified atom stereocenters. The van der Waals surface area contributed by atoms with Crippen LogP contribution in [0.3, 0.4) is 0 Å². The lowest BCUT2D eigenvalue weighted by atomic mass is 9.99. The number of pyridine rings is 1. The van der Waals surface area contributed by atoms with Crippen molar-refractivity contribution in [1.82, 2.24) is 9.88 Å². The van der Waals surface area contributed by atoms with Crippen molar-refractivity contribution < 1.29 is 9.90 Å². The van der Waals surface area contributed by atoms with Crippen molar-refractivity contribution in [3.63, 3.8) is 0 Å². The van der Waals surface area contributed by atoms with Crippen LogP contribution in [0.25, 0.3) is 11.1 Å². The van der Waals surface area contributed by atoms with Gasteiger partial charge in [0, 0.05) is 18.8 Å². The fourth-order valence-electron chi connectivity index (χ4n) is 3.17. The first-order chi connectivity index (χ1) is 13.6. The lowest BCUT2D eigenvalue weighted by Gasteiger charge is -2.17. The zero-order chi connectivity index (χ0) is 19.9. The first-order valence-electron chi connectivity index (χ1n) is 9.62. The molecular weight excluding hydrogens is 348 g/mol. The molecule has 28 heavy (non-hydrogen) atoms. The van der Waals surface area contributed by atoms with Crippen LogP contribution in [0.5, 0.6) is 0 Å². The fraction of sp³-hybridized carbons (Fsp3) is 0.250. The topological polar surface area (TPSA) is 53.4 Å². The van der Waals surface area contributed by atoms with Crippen molar-refractivity contribution in [1.29, 1.82) is 0 Å². The predicted octanol–water partition coefficient (Wildman–Crippen LogP) is 4.85. The molecule has 4 heteroatoms. The summed E-state index contributed by atoms with van der Waals surface area (Å²) in [5, 5.41) is 10.1.